The van der Waals surface area contributed by atoms with Crippen LogP contribution in [0.4, 0.5) is 5.82 Å². The zero-order valence-corrected chi connectivity index (χ0v) is 15.4. The zero-order valence-electron chi connectivity index (χ0n) is 15.4. The summed E-state index contributed by atoms with van der Waals surface area (Å²) in [5.74, 6) is 0.853. The number of aromatic nitrogens is 3. The summed E-state index contributed by atoms with van der Waals surface area (Å²) in [4.78, 5) is 18.9. The summed E-state index contributed by atoms with van der Waals surface area (Å²) >= 11 is 0. The van der Waals surface area contributed by atoms with Crippen molar-refractivity contribution in [3.8, 4) is 11.3 Å². The number of amides is 1. The second-order valence-corrected chi connectivity index (χ2v) is 6.95. The van der Waals surface area contributed by atoms with Crippen molar-refractivity contribution in [3.63, 3.8) is 0 Å². The van der Waals surface area contributed by atoms with Crippen molar-refractivity contribution in [2.45, 2.75) is 25.8 Å². The smallest absolute Gasteiger partial charge is 0.253 e. The van der Waals surface area contributed by atoms with Crippen LogP contribution in [0, 0.1) is 6.92 Å². The lowest BCUT2D eigenvalue weighted by atomic mass is 10.0. The molecule has 1 fully saturated rings. The molecule has 2 aromatic heterocycles. The Bertz CT molecular complexity index is 904. The van der Waals surface area contributed by atoms with E-state index in [-0.39, 0.29) is 11.9 Å². The maximum atomic E-state index is 12.5. The van der Waals surface area contributed by atoms with E-state index in [4.69, 9.17) is 0 Å². The Balaban J connectivity index is 1.42. The maximum Gasteiger partial charge on any atom is 0.253 e. The zero-order chi connectivity index (χ0) is 18.6. The Kier molecular flexibility index (Phi) is 4.87. The molecule has 0 bridgehead atoms. The molecule has 0 aliphatic carbocycles. The molecule has 1 saturated heterocycles. The minimum absolute atomic E-state index is 0.0682. The largest absolute Gasteiger partial charge is 0.353 e. The predicted octanol–water partition coefficient (Wildman–Crippen LogP) is 3.18. The summed E-state index contributed by atoms with van der Waals surface area (Å²) in [5, 5.41) is 10.7. The van der Waals surface area contributed by atoms with E-state index in [1.54, 1.807) is 6.20 Å². The number of hydrogen-bond donors (Lipinski definition) is 2. The number of carbonyl (C=O) groups excluding carboxylic acids is 1. The molecule has 1 atom stereocenters. The van der Waals surface area contributed by atoms with E-state index in [1.807, 2.05) is 37.3 Å². The van der Waals surface area contributed by atoms with Crippen LogP contribution >= 0.6 is 0 Å². The third kappa shape index (κ3) is 4.00. The predicted molar refractivity (Wildman–Crippen MR) is 106 cm³/mol. The lowest BCUT2D eigenvalue weighted by Gasteiger charge is -2.33. The highest BCUT2D eigenvalue weighted by Crippen LogP contribution is 2.24. The minimum Gasteiger partial charge on any atom is -0.353 e. The van der Waals surface area contributed by atoms with Gasteiger partial charge in [-0.2, -0.15) is 5.10 Å². The van der Waals surface area contributed by atoms with Crippen LogP contribution in [0.2, 0.25) is 0 Å². The monoisotopic (exact) mass is 361 g/mol. The molecule has 3 heterocycles. The summed E-state index contributed by atoms with van der Waals surface area (Å²) in [6.45, 7) is 3.61. The first-order valence-corrected chi connectivity index (χ1v) is 9.28. The summed E-state index contributed by atoms with van der Waals surface area (Å²) in [7, 11) is 0. The van der Waals surface area contributed by atoms with Crippen LogP contribution < -0.4 is 10.2 Å². The number of H-pyrrole nitrogens is 1. The number of nitrogens with zero attached hydrogens (tertiary/aromatic N) is 3. The number of carbonyl (C=O) groups is 1. The van der Waals surface area contributed by atoms with Gasteiger partial charge in [-0.1, -0.05) is 30.3 Å². The molecule has 138 valence electrons. The SMILES string of the molecule is Cc1ccc(C(=O)NC2CCCN(c3cc(-c4ccccc4)[nH]n3)C2)cn1. The Morgan fingerprint density at radius 1 is 1.22 bits per heavy atom. The van der Waals surface area contributed by atoms with Crippen LogP contribution in [0.15, 0.2) is 54.7 Å². The van der Waals surface area contributed by atoms with Crippen molar-refractivity contribution in [1.29, 1.82) is 0 Å². The van der Waals surface area contributed by atoms with Gasteiger partial charge in [0, 0.05) is 37.1 Å². The highest BCUT2D eigenvalue weighted by molar-refractivity contribution is 5.94. The highest BCUT2D eigenvalue weighted by atomic mass is 16.1. The molecule has 0 radical (unpaired) electrons. The molecular formula is C21H23N5O. The number of pyridine rings is 1. The van der Waals surface area contributed by atoms with Crippen LogP contribution in [-0.2, 0) is 0 Å². The number of hydrogen-bond acceptors (Lipinski definition) is 4. The van der Waals surface area contributed by atoms with Gasteiger partial charge in [0.05, 0.1) is 11.3 Å². The fourth-order valence-electron chi connectivity index (χ4n) is 3.41. The first-order chi connectivity index (χ1) is 13.2. The topological polar surface area (TPSA) is 73.9 Å². The number of aryl methyl sites for hydroxylation is 1. The average Bonchev–Trinajstić information content (AvgIpc) is 3.20. The fourth-order valence-corrected chi connectivity index (χ4v) is 3.41. The van der Waals surface area contributed by atoms with Crippen molar-refractivity contribution < 1.29 is 4.79 Å². The molecule has 0 spiro atoms. The molecule has 1 amide bonds. The molecule has 4 rings (SSSR count). The third-order valence-electron chi connectivity index (χ3n) is 4.90. The maximum absolute atomic E-state index is 12.5. The molecule has 1 aromatic carbocycles. The molecular weight excluding hydrogens is 338 g/mol. The van der Waals surface area contributed by atoms with Crippen molar-refractivity contribution in [1.82, 2.24) is 20.5 Å². The van der Waals surface area contributed by atoms with Crippen LogP contribution in [-0.4, -0.2) is 40.2 Å². The Morgan fingerprint density at radius 2 is 2.07 bits per heavy atom. The highest BCUT2D eigenvalue weighted by Gasteiger charge is 2.23. The molecule has 1 aliphatic rings. The average molecular weight is 361 g/mol. The number of benzene rings is 1. The normalized spacial score (nSPS) is 16.9. The van der Waals surface area contributed by atoms with Gasteiger partial charge in [-0.05, 0) is 37.5 Å². The molecule has 3 aromatic rings. The van der Waals surface area contributed by atoms with Gasteiger partial charge in [0.25, 0.3) is 5.91 Å². The lowest BCUT2D eigenvalue weighted by Crippen LogP contribution is -2.48. The third-order valence-corrected chi connectivity index (χ3v) is 4.90. The second-order valence-electron chi connectivity index (χ2n) is 6.95. The van der Waals surface area contributed by atoms with E-state index in [2.05, 4.69) is 43.6 Å². The van der Waals surface area contributed by atoms with Gasteiger partial charge >= 0.3 is 0 Å². The van der Waals surface area contributed by atoms with Crippen LogP contribution in [0.25, 0.3) is 11.3 Å². The Hall–Kier alpha value is -3.15. The van der Waals surface area contributed by atoms with E-state index in [0.29, 0.717) is 5.56 Å². The van der Waals surface area contributed by atoms with Gasteiger partial charge in [0.15, 0.2) is 5.82 Å². The Morgan fingerprint density at radius 3 is 2.85 bits per heavy atom. The van der Waals surface area contributed by atoms with Crippen molar-refractivity contribution in [2.24, 2.45) is 0 Å². The number of anilines is 1. The summed E-state index contributed by atoms with van der Waals surface area (Å²) in [5.41, 5.74) is 3.62. The second kappa shape index (κ2) is 7.61. The summed E-state index contributed by atoms with van der Waals surface area (Å²) in [6.07, 6.45) is 3.62. The van der Waals surface area contributed by atoms with Crippen molar-refractivity contribution >= 4 is 11.7 Å². The minimum atomic E-state index is -0.0682. The number of piperidine rings is 1. The van der Waals surface area contributed by atoms with Gasteiger partial charge in [-0.3, -0.25) is 14.9 Å². The lowest BCUT2D eigenvalue weighted by molar-refractivity contribution is 0.0932. The quantitative estimate of drug-likeness (QED) is 0.748. The first-order valence-electron chi connectivity index (χ1n) is 9.28. The molecule has 6 nitrogen and oxygen atoms in total. The van der Waals surface area contributed by atoms with Crippen molar-refractivity contribution in [2.75, 3.05) is 18.0 Å². The summed E-state index contributed by atoms with van der Waals surface area (Å²) in [6, 6.07) is 16.0. The van der Waals surface area contributed by atoms with Crippen LogP contribution in [0.5, 0.6) is 0 Å². The molecule has 1 unspecified atom stereocenters. The summed E-state index contributed by atoms with van der Waals surface area (Å²) < 4.78 is 0. The van der Waals surface area contributed by atoms with E-state index >= 15 is 0 Å². The van der Waals surface area contributed by atoms with Crippen LogP contribution in [0.1, 0.15) is 28.9 Å². The van der Waals surface area contributed by atoms with E-state index < -0.39 is 0 Å². The number of rotatable bonds is 4. The Labute approximate surface area is 158 Å². The van der Waals surface area contributed by atoms with Gasteiger partial charge in [-0.25, -0.2) is 0 Å². The van der Waals surface area contributed by atoms with E-state index in [1.165, 1.54) is 0 Å². The standard InChI is InChI=1S/C21H23N5O/c1-15-9-10-17(13-22-15)21(27)23-18-8-5-11-26(14-18)20-12-19(24-25-20)16-6-3-2-4-7-16/h2-4,6-7,9-10,12-13,18H,5,8,11,14H2,1H3,(H,23,27)(H,24,25). The van der Waals surface area contributed by atoms with Crippen molar-refractivity contribution in [3.05, 3.63) is 66.0 Å². The molecule has 1 aliphatic heterocycles. The van der Waals surface area contributed by atoms with Crippen LogP contribution in [0.3, 0.4) is 0 Å². The van der Waals surface area contributed by atoms with E-state index in [0.717, 1.165) is 48.7 Å². The van der Waals surface area contributed by atoms with E-state index in [9.17, 15) is 4.79 Å². The van der Waals surface area contributed by atoms with Gasteiger partial charge in [-0.15, -0.1) is 0 Å². The molecule has 6 heteroatoms. The van der Waals surface area contributed by atoms with Gasteiger partial charge in [0.2, 0.25) is 0 Å². The molecule has 27 heavy (non-hydrogen) atoms. The molecule has 0 saturated carbocycles. The fraction of sp³-hybridized carbons (Fsp3) is 0.286. The number of aromatic amines is 1. The number of nitrogens with one attached hydrogen (secondary N) is 2. The van der Waals surface area contributed by atoms with Gasteiger partial charge in [0.1, 0.15) is 0 Å². The van der Waals surface area contributed by atoms with Gasteiger partial charge < -0.3 is 10.2 Å². The molecule has 2 N–H and O–H groups in total. The first kappa shape index (κ1) is 17.3.